The molecule has 2 heterocycles. The Balaban J connectivity index is 1.54. The average Bonchev–Trinajstić information content (AvgIpc) is 3.37. The van der Waals surface area contributed by atoms with Gasteiger partial charge in [0.05, 0.1) is 0 Å². The summed E-state index contributed by atoms with van der Waals surface area (Å²) in [6.45, 7) is 6.62. The molecule has 1 saturated heterocycles. The van der Waals surface area contributed by atoms with Crippen molar-refractivity contribution in [1.82, 2.24) is 14.8 Å². The summed E-state index contributed by atoms with van der Waals surface area (Å²) in [5.41, 5.74) is 1.12. The fourth-order valence-corrected chi connectivity index (χ4v) is 4.43. The third-order valence-corrected chi connectivity index (χ3v) is 6.36. The van der Waals surface area contributed by atoms with E-state index in [0.717, 1.165) is 35.7 Å². The van der Waals surface area contributed by atoms with Crippen LogP contribution in [0, 0.1) is 11.7 Å². The SMILES string of the molecule is CC1CCN(c2nnc(SC(C)c3ccc(F)cc3)n2C2CC2)CC1. The summed E-state index contributed by atoms with van der Waals surface area (Å²) in [6, 6.07) is 7.32. The van der Waals surface area contributed by atoms with Crippen molar-refractivity contribution >= 4 is 17.7 Å². The second-order valence-electron chi connectivity index (χ2n) is 7.36. The maximum Gasteiger partial charge on any atom is 0.228 e. The monoisotopic (exact) mass is 360 g/mol. The number of benzene rings is 1. The quantitative estimate of drug-likeness (QED) is 0.715. The van der Waals surface area contributed by atoms with E-state index >= 15 is 0 Å². The van der Waals surface area contributed by atoms with Gasteiger partial charge in [0.2, 0.25) is 5.95 Å². The van der Waals surface area contributed by atoms with E-state index in [1.165, 1.54) is 37.8 Å². The lowest BCUT2D eigenvalue weighted by Gasteiger charge is -2.31. The molecule has 2 aromatic rings. The fourth-order valence-electron chi connectivity index (χ4n) is 3.39. The number of hydrogen-bond acceptors (Lipinski definition) is 4. The Morgan fingerprint density at radius 3 is 2.40 bits per heavy atom. The van der Waals surface area contributed by atoms with E-state index in [-0.39, 0.29) is 11.1 Å². The molecular weight excluding hydrogens is 335 g/mol. The third kappa shape index (κ3) is 3.68. The summed E-state index contributed by atoms with van der Waals surface area (Å²) < 4.78 is 15.5. The molecule has 0 radical (unpaired) electrons. The van der Waals surface area contributed by atoms with Crippen molar-refractivity contribution in [3.8, 4) is 0 Å². The van der Waals surface area contributed by atoms with Crippen LogP contribution >= 0.6 is 11.8 Å². The summed E-state index contributed by atoms with van der Waals surface area (Å²) in [5.74, 6) is 1.66. The molecule has 0 N–H and O–H groups in total. The highest BCUT2D eigenvalue weighted by Gasteiger charge is 2.33. The van der Waals surface area contributed by atoms with Gasteiger partial charge in [-0.2, -0.15) is 0 Å². The van der Waals surface area contributed by atoms with Gasteiger partial charge in [-0.15, -0.1) is 10.2 Å². The second kappa shape index (κ2) is 6.98. The fraction of sp³-hybridized carbons (Fsp3) is 0.579. The maximum absolute atomic E-state index is 13.2. The Morgan fingerprint density at radius 1 is 1.08 bits per heavy atom. The number of aromatic nitrogens is 3. The molecular formula is C19H25FN4S. The first-order valence-electron chi connectivity index (χ1n) is 9.24. The third-order valence-electron chi connectivity index (χ3n) is 5.25. The Kier molecular flexibility index (Phi) is 4.71. The van der Waals surface area contributed by atoms with E-state index < -0.39 is 0 Å². The molecule has 1 atom stereocenters. The molecule has 0 bridgehead atoms. The zero-order valence-electron chi connectivity index (χ0n) is 14.9. The first-order valence-corrected chi connectivity index (χ1v) is 10.1. The van der Waals surface area contributed by atoms with Crippen LogP contribution in [-0.2, 0) is 0 Å². The molecule has 0 amide bonds. The van der Waals surface area contributed by atoms with Crippen LogP contribution in [0.2, 0.25) is 0 Å². The Bertz CT molecular complexity index is 718. The Morgan fingerprint density at radius 2 is 1.76 bits per heavy atom. The zero-order chi connectivity index (χ0) is 17.4. The van der Waals surface area contributed by atoms with Crippen molar-refractivity contribution in [3.63, 3.8) is 0 Å². The minimum atomic E-state index is -0.191. The van der Waals surface area contributed by atoms with Crippen molar-refractivity contribution in [3.05, 3.63) is 35.6 Å². The van der Waals surface area contributed by atoms with Crippen LogP contribution in [0.1, 0.15) is 56.4 Å². The molecule has 4 rings (SSSR count). The van der Waals surface area contributed by atoms with E-state index in [1.54, 1.807) is 11.8 Å². The number of nitrogens with zero attached hydrogens (tertiary/aromatic N) is 4. The minimum absolute atomic E-state index is 0.191. The van der Waals surface area contributed by atoms with Gasteiger partial charge >= 0.3 is 0 Å². The average molecular weight is 361 g/mol. The van der Waals surface area contributed by atoms with Gasteiger partial charge in [-0.25, -0.2) is 4.39 Å². The van der Waals surface area contributed by atoms with Gasteiger partial charge in [0.25, 0.3) is 0 Å². The van der Waals surface area contributed by atoms with E-state index in [4.69, 9.17) is 0 Å². The standard InChI is InChI=1S/C19H25FN4S/c1-13-9-11-23(12-10-13)18-21-22-19(24(18)17-7-8-17)25-14(2)15-3-5-16(20)6-4-15/h3-6,13-14,17H,7-12H2,1-2H3. The summed E-state index contributed by atoms with van der Waals surface area (Å²) >= 11 is 1.72. The van der Waals surface area contributed by atoms with Crippen molar-refractivity contribution in [1.29, 1.82) is 0 Å². The lowest BCUT2D eigenvalue weighted by Crippen LogP contribution is -2.34. The molecule has 1 saturated carbocycles. The van der Waals surface area contributed by atoms with Crippen LogP contribution in [0.5, 0.6) is 0 Å². The number of rotatable bonds is 5. The summed E-state index contributed by atoms with van der Waals surface area (Å²) in [4.78, 5) is 2.40. The predicted molar refractivity (Wildman–Crippen MR) is 99.6 cm³/mol. The Labute approximate surface area is 152 Å². The molecule has 2 fully saturated rings. The molecule has 1 aromatic heterocycles. The number of anilines is 1. The molecule has 4 nitrogen and oxygen atoms in total. The van der Waals surface area contributed by atoms with E-state index in [9.17, 15) is 4.39 Å². The number of thioether (sulfide) groups is 1. The number of halogens is 1. The van der Waals surface area contributed by atoms with Gasteiger partial charge in [0.15, 0.2) is 5.16 Å². The van der Waals surface area contributed by atoms with Gasteiger partial charge in [-0.05, 0) is 56.2 Å². The van der Waals surface area contributed by atoms with Crippen molar-refractivity contribution in [2.24, 2.45) is 5.92 Å². The van der Waals surface area contributed by atoms with Crippen LogP contribution in [0.4, 0.5) is 10.3 Å². The van der Waals surface area contributed by atoms with Gasteiger partial charge in [0.1, 0.15) is 5.82 Å². The van der Waals surface area contributed by atoms with Crippen LogP contribution < -0.4 is 4.90 Å². The van der Waals surface area contributed by atoms with Gasteiger partial charge in [-0.3, -0.25) is 4.57 Å². The van der Waals surface area contributed by atoms with Crippen molar-refractivity contribution in [2.75, 3.05) is 18.0 Å². The number of piperidine rings is 1. The van der Waals surface area contributed by atoms with Gasteiger partial charge in [-0.1, -0.05) is 30.8 Å². The van der Waals surface area contributed by atoms with E-state index in [2.05, 4.69) is 33.5 Å². The van der Waals surface area contributed by atoms with Gasteiger partial charge in [0, 0.05) is 24.4 Å². The molecule has 1 aromatic carbocycles. The maximum atomic E-state index is 13.2. The first-order chi connectivity index (χ1) is 12.1. The van der Waals surface area contributed by atoms with Crippen LogP contribution in [0.15, 0.2) is 29.4 Å². The molecule has 6 heteroatoms. The summed E-state index contributed by atoms with van der Waals surface area (Å²) in [6.07, 6.45) is 4.89. The van der Waals surface area contributed by atoms with Crippen molar-refractivity contribution < 1.29 is 4.39 Å². The van der Waals surface area contributed by atoms with Crippen molar-refractivity contribution in [2.45, 2.75) is 56.0 Å². The highest BCUT2D eigenvalue weighted by Crippen LogP contribution is 2.44. The minimum Gasteiger partial charge on any atom is -0.341 e. The molecule has 0 spiro atoms. The molecule has 1 aliphatic carbocycles. The van der Waals surface area contributed by atoms with E-state index in [0.29, 0.717) is 6.04 Å². The smallest absolute Gasteiger partial charge is 0.228 e. The zero-order valence-corrected chi connectivity index (χ0v) is 15.7. The molecule has 134 valence electrons. The van der Waals surface area contributed by atoms with Crippen LogP contribution in [-0.4, -0.2) is 27.9 Å². The largest absolute Gasteiger partial charge is 0.341 e. The van der Waals surface area contributed by atoms with E-state index in [1.807, 2.05) is 12.1 Å². The second-order valence-corrected chi connectivity index (χ2v) is 8.67. The predicted octanol–water partition coefficient (Wildman–Crippen LogP) is 4.84. The molecule has 25 heavy (non-hydrogen) atoms. The highest BCUT2D eigenvalue weighted by molar-refractivity contribution is 7.99. The normalized spacial score (nSPS) is 20.0. The first kappa shape index (κ1) is 16.9. The molecule has 1 unspecified atom stereocenters. The van der Waals surface area contributed by atoms with Crippen LogP contribution in [0.3, 0.4) is 0 Å². The molecule has 1 aliphatic heterocycles. The Hall–Kier alpha value is -1.56. The molecule has 2 aliphatic rings. The number of hydrogen-bond donors (Lipinski definition) is 0. The summed E-state index contributed by atoms with van der Waals surface area (Å²) in [7, 11) is 0. The lowest BCUT2D eigenvalue weighted by molar-refractivity contribution is 0.429. The van der Waals surface area contributed by atoms with Gasteiger partial charge < -0.3 is 4.90 Å². The lowest BCUT2D eigenvalue weighted by atomic mass is 10.00. The highest BCUT2D eigenvalue weighted by atomic mass is 32.2. The summed E-state index contributed by atoms with van der Waals surface area (Å²) in [5, 5.41) is 10.3. The topological polar surface area (TPSA) is 34.0 Å². The van der Waals surface area contributed by atoms with Crippen LogP contribution in [0.25, 0.3) is 0 Å².